The van der Waals surface area contributed by atoms with Gasteiger partial charge in [-0.25, -0.2) is 4.79 Å². The zero-order chi connectivity index (χ0) is 19.0. The molecule has 9 heteroatoms. The normalized spacial score (nSPS) is 14.8. The molecule has 0 aliphatic carbocycles. The number of alkyl halides is 3. The number of anilines is 1. The first kappa shape index (κ1) is 20.3. The van der Waals surface area contributed by atoms with Gasteiger partial charge in [0.25, 0.3) is 5.97 Å². The second-order valence-corrected chi connectivity index (χ2v) is 5.24. The Morgan fingerprint density at radius 3 is 2.28 bits per heavy atom. The molecule has 1 heterocycles. The highest BCUT2D eigenvalue weighted by Gasteiger charge is 2.42. The largest absolute Gasteiger partial charge is 0.490 e. The minimum absolute atomic E-state index is 0.307. The molecule has 1 fully saturated rings. The molecule has 6 nitrogen and oxygen atoms in total. The summed E-state index contributed by atoms with van der Waals surface area (Å²) in [5, 5.41) is 16.5. The summed E-state index contributed by atoms with van der Waals surface area (Å²) in [6.45, 7) is 1.96. The van der Waals surface area contributed by atoms with Gasteiger partial charge in [0.2, 0.25) is 0 Å². The Labute approximate surface area is 142 Å². The smallest absolute Gasteiger partial charge is 0.481 e. The topological polar surface area (TPSA) is 90.6 Å². The number of aliphatic carboxylic acids is 1. The number of halogens is 3. The molecule has 1 aromatic rings. The number of hydrogen-bond acceptors (Lipinski definition) is 5. The van der Waals surface area contributed by atoms with Crippen molar-refractivity contribution < 1.29 is 32.6 Å². The first-order valence-corrected chi connectivity index (χ1v) is 7.36. The molecule has 1 aliphatic heterocycles. The van der Waals surface area contributed by atoms with E-state index in [0.717, 1.165) is 12.6 Å². The van der Waals surface area contributed by atoms with Gasteiger partial charge in [0.1, 0.15) is 12.2 Å². The lowest BCUT2D eigenvalue weighted by atomic mass is 10.1. The van der Waals surface area contributed by atoms with E-state index in [9.17, 15) is 18.0 Å². The van der Waals surface area contributed by atoms with Gasteiger partial charge in [-0.05, 0) is 12.1 Å². The third-order valence-electron chi connectivity index (χ3n) is 3.31. The molecule has 1 N–H and O–H groups in total. The summed E-state index contributed by atoms with van der Waals surface area (Å²) in [5.74, 6) is -2.97. The molecular formula is C16H17F3N2O4. The van der Waals surface area contributed by atoms with Gasteiger partial charge in [-0.15, -0.1) is 0 Å². The zero-order valence-electron chi connectivity index (χ0n) is 13.4. The second-order valence-electron chi connectivity index (χ2n) is 5.24. The Bertz CT molecular complexity index is 644. The van der Waals surface area contributed by atoms with Crippen LogP contribution in [0.25, 0.3) is 0 Å². The summed E-state index contributed by atoms with van der Waals surface area (Å²) in [7, 11) is 0. The number of ether oxygens (including phenoxy) is 1. The molecule has 0 spiro atoms. The monoisotopic (exact) mass is 358 g/mol. The van der Waals surface area contributed by atoms with Crippen molar-refractivity contribution in [1.29, 1.82) is 5.26 Å². The lowest BCUT2D eigenvalue weighted by Crippen LogP contribution is -2.40. The summed E-state index contributed by atoms with van der Waals surface area (Å²) in [6, 6.07) is 9.11. The maximum absolute atomic E-state index is 12.1. The average Bonchev–Trinajstić information content (AvgIpc) is 2.54. The number of hydrogen-bond donors (Lipinski definition) is 1. The number of nitrogens with zero attached hydrogens (tertiary/aromatic N) is 2. The molecule has 25 heavy (non-hydrogen) atoms. The maximum atomic E-state index is 12.1. The van der Waals surface area contributed by atoms with Crippen molar-refractivity contribution in [1.82, 2.24) is 0 Å². The van der Waals surface area contributed by atoms with Gasteiger partial charge in [0, 0.05) is 32.9 Å². The summed E-state index contributed by atoms with van der Waals surface area (Å²) >= 11 is 0. The Morgan fingerprint density at radius 1 is 1.28 bits per heavy atom. The van der Waals surface area contributed by atoms with Crippen molar-refractivity contribution in [2.75, 3.05) is 18.0 Å². The van der Waals surface area contributed by atoms with Crippen LogP contribution in [0.4, 0.5) is 18.9 Å². The summed E-state index contributed by atoms with van der Waals surface area (Å²) in [5.41, 5.74) is 1.27. The van der Waals surface area contributed by atoms with E-state index in [4.69, 9.17) is 15.2 Å². The van der Waals surface area contributed by atoms with Crippen LogP contribution in [-0.2, 0) is 14.3 Å². The Kier molecular flexibility index (Phi) is 7.23. The lowest BCUT2D eigenvalue weighted by molar-refractivity contribution is -0.205. The molecule has 0 saturated carbocycles. The predicted molar refractivity (Wildman–Crippen MR) is 81.8 cm³/mol. The van der Waals surface area contributed by atoms with Crippen molar-refractivity contribution >= 4 is 17.6 Å². The molecule has 2 rings (SSSR count). The Hall–Kier alpha value is -2.76. The summed E-state index contributed by atoms with van der Waals surface area (Å²) in [4.78, 5) is 21.7. The predicted octanol–water partition coefficient (Wildman–Crippen LogP) is 2.72. The molecule has 0 amide bonds. The van der Waals surface area contributed by atoms with Crippen LogP contribution in [0.2, 0.25) is 0 Å². The Balaban J connectivity index is 0.000000705. The van der Waals surface area contributed by atoms with Gasteiger partial charge in [-0.2, -0.15) is 18.4 Å². The van der Waals surface area contributed by atoms with Crippen LogP contribution < -0.4 is 4.90 Å². The maximum Gasteiger partial charge on any atom is 0.490 e. The van der Waals surface area contributed by atoms with Crippen LogP contribution in [0.1, 0.15) is 25.3 Å². The number of carbonyl (C=O) groups is 2. The first-order chi connectivity index (χ1) is 11.6. The molecule has 1 aromatic carbocycles. The number of esters is 1. The van der Waals surface area contributed by atoms with Crippen molar-refractivity contribution in [2.24, 2.45) is 0 Å². The van der Waals surface area contributed by atoms with Crippen LogP contribution in [0.5, 0.6) is 0 Å². The van der Waals surface area contributed by atoms with Crippen LogP contribution in [0, 0.1) is 11.3 Å². The lowest BCUT2D eigenvalue weighted by Gasteiger charge is -2.33. The average molecular weight is 358 g/mol. The van der Waals surface area contributed by atoms with E-state index < -0.39 is 24.2 Å². The first-order valence-electron chi connectivity index (χ1n) is 7.36. The van der Waals surface area contributed by atoms with E-state index in [1.807, 2.05) is 4.90 Å². The highest BCUT2D eigenvalue weighted by atomic mass is 19.4. The number of benzene rings is 1. The number of carboxylic acids is 1. The number of carboxylic acid groups (broad SMARTS) is 1. The van der Waals surface area contributed by atoms with Gasteiger partial charge in [-0.1, -0.05) is 12.1 Å². The van der Waals surface area contributed by atoms with Gasteiger partial charge >= 0.3 is 12.1 Å². The van der Waals surface area contributed by atoms with E-state index in [1.54, 1.807) is 24.3 Å². The van der Waals surface area contributed by atoms with Crippen molar-refractivity contribution in [3.05, 3.63) is 29.8 Å². The molecule has 0 unspecified atom stereocenters. The quantitative estimate of drug-likeness (QED) is 0.818. The van der Waals surface area contributed by atoms with Gasteiger partial charge < -0.3 is 14.7 Å². The van der Waals surface area contributed by atoms with Crippen LogP contribution >= 0.6 is 0 Å². The van der Waals surface area contributed by atoms with Gasteiger partial charge in [0.15, 0.2) is 0 Å². The molecule has 0 aromatic heterocycles. The van der Waals surface area contributed by atoms with Gasteiger partial charge in [-0.3, -0.25) is 4.79 Å². The van der Waals surface area contributed by atoms with Gasteiger partial charge in [0.05, 0.1) is 11.3 Å². The van der Waals surface area contributed by atoms with Crippen molar-refractivity contribution in [3.8, 4) is 6.07 Å². The molecule has 1 aliphatic rings. The fourth-order valence-corrected chi connectivity index (χ4v) is 2.28. The number of carbonyl (C=O) groups excluding carboxylic acids is 1. The fraction of sp³-hybridized carbons (Fsp3) is 0.438. The molecule has 136 valence electrons. The van der Waals surface area contributed by atoms with E-state index in [-0.39, 0.29) is 0 Å². The van der Waals surface area contributed by atoms with E-state index in [2.05, 4.69) is 10.8 Å². The van der Waals surface area contributed by atoms with E-state index >= 15 is 0 Å². The fourth-order valence-electron chi connectivity index (χ4n) is 2.28. The van der Waals surface area contributed by atoms with E-state index in [0.29, 0.717) is 31.5 Å². The minimum Gasteiger partial charge on any atom is -0.481 e. The van der Waals surface area contributed by atoms with E-state index in [1.165, 1.54) is 0 Å². The number of rotatable bonds is 2. The molecule has 0 atom stereocenters. The van der Waals surface area contributed by atoms with Crippen LogP contribution in [0.15, 0.2) is 24.3 Å². The second kappa shape index (κ2) is 8.92. The zero-order valence-corrected chi connectivity index (χ0v) is 13.4. The van der Waals surface area contributed by atoms with Crippen molar-refractivity contribution in [3.63, 3.8) is 0 Å². The van der Waals surface area contributed by atoms with Crippen LogP contribution in [-0.4, -0.2) is 42.4 Å². The molecule has 0 radical (unpaired) electrons. The summed E-state index contributed by atoms with van der Waals surface area (Å²) < 4.78 is 40.8. The molecular weight excluding hydrogens is 341 g/mol. The number of nitriles is 1. The Morgan fingerprint density at radius 2 is 1.80 bits per heavy atom. The summed E-state index contributed by atoms with van der Waals surface area (Å²) in [6.07, 6.45) is -5.07. The van der Waals surface area contributed by atoms with Crippen molar-refractivity contribution in [2.45, 2.75) is 32.0 Å². The third kappa shape index (κ3) is 6.71. The minimum atomic E-state index is -4.95. The SMILES string of the molecule is CC(=O)O.N#Cc1ccccc1N1CCC(OC(=O)C(F)(F)F)CC1. The third-order valence-corrected chi connectivity index (χ3v) is 3.31. The molecule has 1 saturated heterocycles. The number of piperidine rings is 1. The standard InChI is InChI=1S/C14H13F3N2O2.C2H4O2/c15-14(16,17)13(20)21-11-5-7-19(8-6-11)12-4-2-1-3-10(12)9-18;1-2(3)4/h1-4,11H,5-8H2;1H3,(H,3,4). The highest BCUT2D eigenvalue weighted by molar-refractivity contribution is 5.75. The number of para-hydroxylation sites is 1. The van der Waals surface area contributed by atoms with Crippen LogP contribution in [0.3, 0.4) is 0 Å². The molecule has 0 bridgehead atoms. The highest BCUT2D eigenvalue weighted by Crippen LogP contribution is 2.26.